The number of nitrogens with one attached hydrogen (secondary N) is 2. The van der Waals surface area contributed by atoms with E-state index in [0.29, 0.717) is 24.9 Å². The first-order valence-corrected chi connectivity index (χ1v) is 6.08. The van der Waals surface area contributed by atoms with Crippen LogP contribution in [0.2, 0.25) is 0 Å². The molecule has 1 aromatic heterocycles. The number of H-pyrrole nitrogens is 1. The molecule has 2 aromatic rings. The van der Waals surface area contributed by atoms with Gasteiger partial charge in [0.15, 0.2) is 0 Å². The Bertz CT molecular complexity index is 616. The van der Waals surface area contributed by atoms with Crippen molar-refractivity contribution in [3.05, 3.63) is 46.2 Å². The normalized spacial score (nSPS) is 10.5. The summed E-state index contributed by atoms with van der Waals surface area (Å²) in [4.78, 5) is 26.0. The van der Waals surface area contributed by atoms with Crippen LogP contribution >= 0.6 is 0 Å². The largest absolute Gasteiger partial charge is 0.356 e. The van der Waals surface area contributed by atoms with E-state index in [1.165, 1.54) is 0 Å². The van der Waals surface area contributed by atoms with Gasteiger partial charge in [0, 0.05) is 24.0 Å². The third-order valence-corrected chi connectivity index (χ3v) is 2.83. The van der Waals surface area contributed by atoms with Gasteiger partial charge in [-0.05, 0) is 30.9 Å². The van der Waals surface area contributed by atoms with Gasteiger partial charge in [-0.2, -0.15) is 0 Å². The van der Waals surface area contributed by atoms with Crippen LogP contribution in [0.3, 0.4) is 0 Å². The van der Waals surface area contributed by atoms with E-state index in [-0.39, 0.29) is 11.5 Å². The fourth-order valence-electron chi connectivity index (χ4n) is 1.91. The Morgan fingerprint density at radius 2 is 2.11 bits per heavy atom. The number of amides is 1. The number of hydrogen-bond acceptors (Lipinski definition) is 2. The van der Waals surface area contributed by atoms with E-state index in [9.17, 15) is 9.59 Å². The number of carbonyl (C=O) groups excluding carboxylic acids is 1. The standard InChI is InChI=1S/C14H16N2O2/c1-2-15-13(17)8-7-11-9-10-5-3-4-6-12(10)16-14(11)18/h3-6,9H,2,7-8H2,1H3,(H,15,17)(H,16,18). The zero-order valence-electron chi connectivity index (χ0n) is 10.3. The maximum Gasteiger partial charge on any atom is 0.251 e. The monoisotopic (exact) mass is 244 g/mol. The Hall–Kier alpha value is -2.10. The Balaban J connectivity index is 2.20. The number of aryl methyl sites for hydroxylation is 1. The van der Waals surface area contributed by atoms with Gasteiger partial charge < -0.3 is 10.3 Å². The number of benzene rings is 1. The molecule has 4 heteroatoms. The van der Waals surface area contributed by atoms with Crippen LogP contribution in [0.4, 0.5) is 0 Å². The second-order valence-corrected chi connectivity index (χ2v) is 4.16. The number of rotatable bonds is 4. The molecular formula is C14H16N2O2. The van der Waals surface area contributed by atoms with Gasteiger partial charge >= 0.3 is 0 Å². The number of carbonyl (C=O) groups is 1. The van der Waals surface area contributed by atoms with Gasteiger partial charge in [0.25, 0.3) is 5.56 Å². The van der Waals surface area contributed by atoms with Crippen LogP contribution in [-0.4, -0.2) is 17.4 Å². The summed E-state index contributed by atoms with van der Waals surface area (Å²) in [6.45, 7) is 2.49. The van der Waals surface area contributed by atoms with Crippen molar-refractivity contribution < 1.29 is 4.79 Å². The fraction of sp³-hybridized carbons (Fsp3) is 0.286. The highest BCUT2D eigenvalue weighted by molar-refractivity contribution is 5.79. The molecule has 0 aliphatic heterocycles. The number of aromatic amines is 1. The lowest BCUT2D eigenvalue weighted by Crippen LogP contribution is -2.24. The second kappa shape index (κ2) is 5.49. The molecule has 0 saturated heterocycles. The van der Waals surface area contributed by atoms with E-state index in [2.05, 4.69) is 10.3 Å². The fourth-order valence-corrected chi connectivity index (χ4v) is 1.91. The van der Waals surface area contributed by atoms with E-state index in [1.54, 1.807) is 0 Å². The average molecular weight is 244 g/mol. The lowest BCUT2D eigenvalue weighted by Gasteiger charge is -2.03. The molecule has 0 saturated carbocycles. The molecule has 1 aromatic carbocycles. The zero-order chi connectivity index (χ0) is 13.0. The third-order valence-electron chi connectivity index (χ3n) is 2.83. The predicted octanol–water partition coefficient (Wildman–Crippen LogP) is 1.60. The molecule has 1 amide bonds. The maximum absolute atomic E-state index is 11.8. The quantitative estimate of drug-likeness (QED) is 0.858. The molecule has 2 N–H and O–H groups in total. The number of fused-ring (bicyclic) bond motifs is 1. The third kappa shape index (κ3) is 2.77. The zero-order valence-corrected chi connectivity index (χ0v) is 10.3. The van der Waals surface area contributed by atoms with Crippen LogP contribution in [0, 0.1) is 0 Å². The molecule has 0 bridgehead atoms. The van der Waals surface area contributed by atoms with Gasteiger partial charge in [-0.1, -0.05) is 18.2 Å². The summed E-state index contributed by atoms with van der Waals surface area (Å²) in [5.41, 5.74) is 1.36. The summed E-state index contributed by atoms with van der Waals surface area (Å²) in [7, 11) is 0. The second-order valence-electron chi connectivity index (χ2n) is 4.16. The molecule has 0 aliphatic carbocycles. The molecule has 18 heavy (non-hydrogen) atoms. The van der Waals surface area contributed by atoms with Crippen molar-refractivity contribution in [1.82, 2.24) is 10.3 Å². The Labute approximate surface area is 105 Å². The lowest BCUT2D eigenvalue weighted by molar-refractivity contribution is -0.120. The Morgan fingerprint density at radius 1 is 1.33 bits per heavy atom. The van der Waals surface area contributed by atoms with Crippen molar-refractivity contribution in [3.8, 4) is 0 Å². The molecule has 0 spiro atoms. The van der Waals surface area contributed by atoms with Crippen molar-refractivity contribution in [3.63, 3.8) is 0 Å². The van der Waals surface area contributed by atoms with E-state index in [0.717, 1.165) is 10.9 Å². The first-order valence-electron chi connectivity index (χ1n) is 6.08. The number of para-hydroxylation sites is 1. The van der Waals surface area contributed by atoms with E-state index >= 15 is 0 Å². The molecule has 0 radical (unpaired) electrons. The van der Waals surface area contributed by atoms with Crippen LogP contribution in [0.15, 0.2) is 35.1 Å². The minimum absolute atomic E-state index is 0.0231. The number of hydrogen-bond donors (Lipinski definition) is 2. The molecule has 0 fully saturated rings. The van der Waals surface area contributed by atoms with E-state index < -0.39 is 0 Å². The molecule has 2 rings (SSSR count). The highest BCUT2D eigenvalue weighted by Gasteiger charge is 2.05. The predicted molar refractivity (Wildman–Crippen MR) is 71.6 cm³/mol. The molecule has 4 nitrogen and oxygen atoms in total. The summed E-state index contributed by atoms with van der Waals surface area (Å²) >= 11 is 0. The molecule has 0 atom stereocenters. The highest BCUT2D eigenvalue weighted by Crippen LogP contribution is 2.10. The molecule has 94 valence electrons. The highest BCUT2D eigenvalue weighted by atomic mass is 16.1. The van der Waals surface area contributed by atoms with Crippen molar-refractivity contribution in [2.45, 2.75) is 19.8 Å². The number of pyridine rings is 1. The van der Waals surface area contributed by atoms with Crippen molar-refractivity contribution in [1.29, 1.82) is 0 Å². The van der Waals surface area contributed by atoms with E-state index in [4.69, 9.17) is 0 Å². The van der Waals surface area contributed by atoms with Crippen molar-refractivity contribution in [2.24, 2.45) is 0 Å². The summed E-state index contributed by atoms with van der Waals surface area (Å²) < 4.78 is 0. The van der Waals surface area contributed by atoms with Gasteiger partial charge in [0.2, 0.25) is 5.91 Å². The van der Waals surface area contributed by atoms with Gasteiger partial charge in [0.05, 0.1) is 0 Å². The molecule has 0 aliphatic rings. The molecule has 1 heterocycles. The summed E-state index contributed by atoms with van der Waals surface area (Å²) in [6.07, 6.45) is 0.807. The molecular weight excluding hydrogens is 228 g/mol. The first-order chi connectivity index (χ1) is 8.70. The molecule has 0 unspecified atom stereocenters. The smallest absolute Gasteiger partial charge is 0.251 e. The Morgan fingerprint density at radius 3 is 2.89 bits per heavy atom. The Kier molecular flexibility index (Phi) is 3.77. The van der Waals surface area contributed by atoms with Gasteiger partial charge in [-0.15, -0.1) is 0 Å². The van der Waals surface area contributed by atoms with E-state index in [1.807, 2.05) is 37.3 Å². The summed E-state index contributed by atoms with van der Waals surface area (Å²) in [5, 5.41) is 3.71. The average Bonchev–Trinajstić information content (AvgIpc) is 2.36. The van der Waals surface area contributed by atoms with Crippen LogP contribution < -0.4 is 10.9 Å². The summed E-state index contributed by atoms with van der Waals surface area (Å²) in [5.74, 6) is -0.0231. The number of aromatic nitrogens is 1. The van der Waals surface area contributed by atoms with Crippen LogP contribution in [0.5, 0.6) is 0 Å². The minimum atomic E-state index is -0.113. The van der Waals surface area contributed by atoms with Gasteiger partial charge in [-0.3, -0.25) is 9.59 Å². The SMILES string of the molecule is CCNC(=O)CCc1cc2ccccc2[nH]c1=O. The van der Waals surface area contributed by atoms with Gasteiger partial charge in [0.1, 0.15) is 0 Å². The van der Waals surface area contributed by atoms with Gasteiger partial charge in [-0.25, -0.2) is 0 Å². The topological polar surface area (TPSA) is 62.0 Å². The van der Waals surface area contributed by atoms with Crippen LogP contribution in [0.25, 0.3) is 10.9 Å². The lowest BCUT2D eigenvalue weighted by atomic mass is 10.1. The maximum atomic E-state index is 11.8. The van der Waals surface area contributed by atoms with Crippen LogP contribution in [-0.2, 0) is 11.2 Å². The summed E-state index contributed by atoms with van der Waals surface area (Å²) in [6, 6.07) is 9.47. The van der Waals surface area contributed by atoms with Crippen molar-refractivity contribution in [2.75, 3.05) is 6.54 Å². The first kappa shape index (κ1) is 12.4. The minimum Gasteiger partial charge on any atom is -0.356 e. The van der Waals surface area contributed by atoms with Crippen LogP contribution in [0.1, 0.15) is 18.9 Å². The van der Waals surface area contributed by atoms with Crippen molar-refractivity contribution >= 4 is 16.8 Å².